The van der Waals surface area contributed by atoms with Gasteiger partial charge in [0.1, 0.15) is 0 Å². The predicted molar refractivity (Wildman–Crippen MR) is 62.1 cm³/mol. The fourth-order valence-electron chi connectivity index (χ4n) is 1.72. The molecular formula is C12H16N2O2. The molecule has 1 heterocycles. The van der Waals surface area contributed by atoms with Gasteiger partial charge in [-0.1, -0.05) is 29.4 Å². The molecule has 86 valence electrons. The summed E-state index contributed by atoms with van der Waals surface area (Å²) >= 11 is 0. The van der Waals surface area contributed by atoms with Crippen LogP contribution in [0.15, 0.2) is 29.4 Å². The number of hydrogen-bond acceptors (Lipinski definition) is 4. The average molecular weight is 220 g/mol. The second kappa shape index (κ2) is 4.63. The number of benzene rings is 1. The Morgan fingerprint density at radius 1 is 1.38 bits per heavy atom. The monoisotopic (exact) mass is 220 g/mol. The van der Waals surface area contributed by atoms with Crippen LogP contribution in [0.3, 0.4) is 0 Å². The number of rotatable bonds is 3. The smallest absolute Gasteiger partial charge is 0.173 e. The first-order valence-corrected chi connectivity index (χ1v) is 5.26. The minimum absolute atomic E-state index is 0.145. The van der Waals surface area contributed by atoms with Crippen LogP contribution in [0.25, 0.3) is 0 Å². The fourth-order valence-corrected chi connectivity index (χ4v) is 1.72. The molecule has 1 aromatic carbocycles. The average Bonchev–Trinajstić information content (AvgIpc) is 2.62. The van der Waals surface area contributed by atoms with Crippen LogP contribution >= 0.6 is 0 Å². The van der Waals surface area contributed by atoms with E-state index in [-0.39, 0.29) is 12.1 Å². The molecular weight excluding hydrogens is 204 g/mol. The van der Waals surface area contributed by atoms with Crippen molar-refractivity contribution in [3.63, 3.8) is 0 Å². The van der Waals surface area contributed by atoms with Gasteiger partial charge in [-0.25, -0.2) is 0 Å². The van der Waals surface area contributed by atoms with E-state index in [1.807, 2.05) is 31.2 Å². The minimum Gasteiger partial charge on any atom is -0.386 e. The molecule has 1 aliphatic heterocycles. The predicted octanol–water partition coefficient (Wildman–Crippen LogP) is 1.61. The van der Waals surface area contributed by atoms with E-state index in [2.05, 4.69) is 5.16 Å². The first-order valence-electron chi connectivity index (χ1n) is 5.26. The molecule has 0 spiro atoms. The molecule has 2 N–H and O–H groups in total. The van der Waals surface area contributed by atoms with Crippen LogP contribution in [0.4, 0.5) is 0 Å². The third-order valence-electron chi connectivity index (χ3n) is 2.74. The minimum atomic E-state index is -0.156. The summed E-state index contributed by atoms with van der Waals surface area (Å²) in [5.41, 5.74) is 8.99. The summed E-state index contributed by atoms with van der Waals surface area (Å²) in [7, 11) is 1.68. The molecule has 4 nitrogen and oxygen atoms in total. The van der Waals surface area contributed by atoms with Gasteiger partial charge in [-0.05, 0) is 18.1 Å². The zero-order chi connectivity index (χ0) is 11.5. The Labute approximate surface area is 95.0 Å². The molecule has 4 heteroatoms. The van der Waals surface area contributed by atoms with E-state index in [4.69, 9.17) is 15.3 Å². The highest BCUT2D eigenvalue weighted by atomic mass is 16.6. The number of oxime groups is 1. The van der Waals surface area contributed by atoms with Crippen molar-refractivity contribution in [2.45, 2.75) is 25.7 Å². The number of ether oxygens (including phenoxy) is 1. The second-order valence-corrected chi connectivity index (χ2v) is 3.96. The van der Waals surface area contributed by atoms with Crippen molar-refractivity contribution in [1.82, 2.24) is 0 Å². The highest BCUT2D eigenvalue weighted by molar-refractivity contribution is 5.88. The van der Waals surface area contributed by atoms with Crippen LogP contribution in [-0.2, 0) is 16.2 Å². The van der Waals surface area contributed by atoms with E-state index in [1.165, 1.54) is 0 Å². The third-order valence-corrected chi connectivity index (χ3v) is 2.74. The largest absolute Gasteiger partial charge is 0.386 e. The summed E-state index contributed by atoms with van der Waals surface area (Å²) in [4.78, 5) is 5.30. The van der Waals surface area contributed by atoms with Gasteiger partial charge in [0.05, 0.1) is 18.4 Å². The van der Waals surface area contributed by atoms with Crippen molar-refractivity contribution in [1.29, 1.82) is 0 Å². The second-order valence-electron chi connectivity index (χ2n) is 3.96. The molecule has 0 amide bonds. The van der Waals surface area contributed by atoms with Crippen molar-refractivity contribution in [3.05, 3.63) is 35.4 Å². The molecule has 0 aliphatic carbocycles. The van der Waals surface area contributed by atoms with Gasteiger partial charge in [0.15, 0.2) is 6.10 Å². The Morgan fingerprint density at radius 2 is 2.06 bits per heavy atom. The molecule has 2 atom stereocenters. The maximum atomic E-state index is 5.97. The van der Waals surface area contributed by atoms with Crippen LogP contribution in [0.1, 0.15) is 24.2 Å². The molecule has 0 saturated heterocycles. The Kier molecular flexibility index (Phi) is 3.22. The maximum absolute atomic E-state index is 5.97. The van der Waals surface area contributed by atoms with E-state index in [0.717, 1.165) is 16.8 Å². The molecule has 0 saturated carbocycles. The quantitative estimate of drug-likeness (QED) is 0.841. The Morgan fingerprint density at radius 3 is 2.56 bits per heavy atom. The van der Waals surface area contributed by atoms with Gasteiger partial charge in [0, 0.05) is 7.11 Å². The van der Waals surface area contributed by atoms with Crippen molar-refractivity contribution >= 4 is 5.71 Å². The molecule has 0 bridgehead atoms. The summed E-state index contributed by atoms with van der Waals surface area (Å²) in [5.74, 6) is 0. The van der Waals surface area contributed by atoms with Crippen LogP contribution < -0.4 is 5.73 Å². The summed E-state index contributed by atoms with van der Waals surface area (Å²) in [6.45, 7) is 2.50. The topological polar surface area (TPSA) is 56.8 Å². The van der Waals surface area contributed by atoms with Gasteiger partial charge in [-0.15, -0.1) is 0 Å². The lowest BCUT2D eigenvalue weighted by molar-refractivity contribution is 0.0773. The third kappa shape index (κ3) is 2.08. The Hall–Kier alpha value is -1.39. The zero-order valence-corrected chi connectivity index (χ0v) is 9.51. The van der Waals surface area contributed by atoms with E-state index >= 15 is 0 Å². The SMILES string of the molecule is COCc1ccc(C2ON=C(C)C2N)cc1. The van der Waals surface area contributed by atoms with Crippen molar-refractivity contribution in [3.8, 4) is 0 Å². The summed E-state index contributed by atoms with van der Waals surface area (Å²) in [6, 6.07) is 7.90. The van der Waals surface area contributed by atoms with Gasteiger partial charge in [-0.3, -0.25) is 0 Å². The van der Waals surface area contributed by atoms with Crippen LogP contribution in [0.5, 0.6) is 0 Å². The Balaban J connectivity index is 2.11. The van der Waals surface area contributed by atoms with Crippen LogP contribution in [0, 0.1) is 0 Å². The standard InChI is InChI=1S/C12H16N2O2/c1-8-11(13)12(16-14-8)10-5-3-9(4-6-10)7-15-2/h3-6,11-12H,7,13H2,1-2H3. The van der Waals surface area contributed by atoms with Crippen molar-refractivity contribution in [2.24, 2.45) is 10.9 Å². The number of hydrogen-bond donors (Lipinski definition) is 1. The Bertz CT molecular complexity index is 387. The lowest BCUT2D eigenvalue weighted by atomic mass is 10.00. The van der Waals surface area contributed by atoms with E-state index in [1.54, 1.807) is 7.11 Å². The van der Waals surface area contributed by atoms with Gasteiger partial charge >= 0.3 is 0 Å². The first kappa shape index (κ1) is 11.1. The fraction of sp³-hybridized carbons (Fsp3) is 0.417. The molecule has 0 fully saturated rings. The number of methoxy groups -OCH3 is 1. The van der Waals surface area contributed by atoms with E-state index < -0.39 is 0 Å². The molecule has 0 aromatic heterocycles. The molecule has 2 rings (SSSR count). The first-order chi connectivity index (χ1) is 7.72. The van der Waals surface area contributed by atoms with Gasteiger partial charge in [-0.2, -0.15) is 0 Å². The van der Waals surface area contributed by atoms with E-state index in [0.29, 0.717) is 6.61 Å². The maximum Gasteiger partial charge on any atom is 0.173 e. The molecule has 1 aromatic rings. The highest BCUT2D eigenvalue weighted by Crippen LogP contribution is 2.26. The van der Waals surface area contributed by atoms with Crippen LogP contribution in [0.2, 0.25) is 0 Å². The van der Waals surface area contributed by atoms with Crippen molar-refractivity contribution < 1.29 is 9.57 Å². The summed E-state index contributed by atoms with van der Waals surface area (Å²) in [5, 5.41) is 3.90. The van der Waals surface area contributed by atoms with Gasteiger partial charge in [0.2, 0.25) is 0 Å². The number of nitrogens with zero attached hydrogens (tertiary/aromatic N) is 1. The number of nitrogens with two attached hydrogens (primary N) is 1. The van der Waals surface area contributed by atoms with Crippen LogP contribution in [-0.4, -0.2) is 18.9 Å². The summed E-state index contributed by atoms with van der Waals surface area (Å²) < 4.78 is 5.05. The van der Waals surface area contributed by atoms with E-state index in [9.17, 15) is 0 Å². The lowest BCUT2D eigenvalue weighted by Gasteiger charge is -2.14. The molecule has 0 radical (unpaired) electrons. The van der Waals surface area contributed by atoms with Gasteiger partial charge < -0.3 is 15.3 Å². The zero-order valence-electron chi connectivity index (χ0n) is 9.51. The van der Waals surface area contributed by atoms with Crippen molar-refractivity contribution in [2.75, 3.05) is 7.11 Å². The van der Waals surface area contributed by atoms with Gasteiger partial charge in [0.25, 0.3) is 0 Å². The summed E-state index contributed by atoms with van der Waals surface area (Å²) in [6.07, 6.45) is -0.156. The lowest BCUT2D eigenvalue weighted by Crippen LogP contribution is -2.31. The normalized spacial score (nSPS) is 24.1. The molecule has 1 aliphatic rings. The molecule has 16 heavy (non-hydrogen) atoms. The molecule has 2 unspecified atom stereocenters. The highest BCUT2D eigenvalue weighted by Gasteiger charge is 2.29.